The van der Waals surface area contributed by atoms with E-state index in [4.69, 9.17) is 16.0 Å². The van der Waals surface area contributed by atoms with Gasteiger partial charge in [-0.05, 0) is 6.92 Å². The Kier molecular flexibility index (Phi) is 3.55. The summed E-state index contributed by atoms with van der Waals surface area (Å²) in [7, 11) is -3.12. The Labute approximate surface area is 88.2 Å². The SMILES string of the molecule is CC(c1cnc(CCCl)o1)S(C)(=O)=O. The predicted octanol–water partition coefficient (Wildman–Crippen LogP) is 1.56. The highest BCUT2D eigenvalue weighted by molar-refractivity contribution is 7.90. The number of sulfone groups is 1. The topological polar surface area (TPSA) is 60.2 Å². The minimum Gasteiger partial charge on any atom is -0.444 e. The summed E-state index contributed by atoms with van der Waals surface area (Å²) in [5.41, 5.74) is 0. The summed E-state index contributed by atoms with van der Waals surface area (Å²) in [5, 5.41) is -0.654. The van der Waals surface area contributed by atoms with Crippen molar-refractivity contribution in [1.82, 2.24) is 4.98 Å². The Balaban J connectivity index is 2.87. The molecule has 0 saturated carbocycles. The molecule has 14 heavy (non-hydrogen) atoms. The lowest BCUT2D eigenvalue weighted by molar-refractivity contribution is 0.456. The lowest BCUT2D eigenvalue weighted by Gasteiger charge is -2.03. The number of rotatable bonds is 4. The summed E-state index contributed by atoms with van der Waals surface area (Å²) in [6.07, 6.45) is 3.12. The van der Waals surface area contributed by atoms with Crippen molar-refractivity contribution in [2.24, 2.45) is 0 Å². The van der Waals surface area contributed by atoms with Crippen molar-refractivity contribution in [3.05, 3.63) is 17.8 Å². The first-order chi connectivity index (χ1) is 6.45. The second-order valence-corrected chi connectivity index (χ2v) is 5.81. The van der Waals surface area contributed by atoms with Crippen molar-refractivity contribution in [1.29, 1.82) is 0 Å². The quantitative estimate of drug-likeness (QED) is 0.746. The third kappa shape index (κ3) is 2.72. The van der Waals surface area contributed by atoms with Crippen LogP contribution >= 0.6 is 11.6 Å². The molecule has 0 aliphatic carbocycles. The maximum atomic E-state index is 11.2. The molecule has 0 N–H and O–H groups in total. The molecule has 4 nitrogen and oxygen atoms in total. The van der Waals surface area contributed by atoms with Crippen LogP contribution in [0.2, 0.25) is 0 Å². The molecule has 0 fully saturated rings. The standard InChI is InChI=1S/C8H12ClNO3S/c1-6(14(2,11)12)7-5-10-8(13-7)3-4-9/h5-6H,3-4H2,1-2H3. The molecule has 0 aliphatic rings. The van der Waals surface area contributed by atoms with E-state index in [-0.39, 0.29) is 0 Å². The fourth-order valence-corrected chi connectivity index (χ4v) is 1.61. The molecule has 0 aromatic carbocycles. The lowest BCUT2D eigenvalue weighted by atomic mass is 10.4. The Morgan fingerprint density at radius 3 is 2.79 bits per heavy atom. The molecule has 1 aromatic heterocycles. The molecular weight excluding hydrogens is 226 g/mol. The van der Waals surface area contributed by atoms with Gasteiger partial charge >= 0.3 is 0 Å². The minimum absolute atomic E-state index is 0.368. The van der Waals surface area contributed by atoms with Crippen molar-refractivity contribution in [3.63, 3.8) is 0 Å². The van der Waals surface area contributed by atoms with Gasteiger partial charge < -0.3 is 4.42 Å². The van der Waals surface area contributed by atoms with Gasteiger partial charge in [0.15, 0.2) is 15.7 Å². The van der Waals surface area contributed by atoms with Crippen LogP contribution in [0, 0.1) is 0 Å². The van der Waals surface area contributed by atoms with Gasteiger partial charge in [-0.2, -0.15) is 0 Å². The third-order valence-corrected chi connectivity index (χ3v) is 3.63. The molecule has 1 rings (SSSR count). The number of oxazole rings is 1. The fourth-order valence-electron chi connectivity index (χ4n) is 0.920. The highest BCUT2D eigenvalue weighted by Crippen LogP contribution is 2.21. The van der Waals surface area contributed by atoms with Gasteiger partial charge in [0.1, 0.15) is 11.0 Å². The van der Waals surface area contributed by atoms with E-state index in [1.54, 1.807) is 6.92 Å². The molecule has 1 aromatic rings. The van der Waals surface area contributed by atoms with Crippen molar-refractivity contribution in [2.75, 3.05) is 12.1 Å². The van der Waals surface area contributed by atoms with E-state index in [1.807, 2.05) is 0 Å². The maximum Gasteiger partial charge on any atom is 0.195 e. The number of aromatic nitrogens is 1. The zero-order valence-corrected chi connectivity index (χ0v) is 9.60. The molecule has 0 saturated heterocycles. The number of alkyl halides is 1. The number of halogens is 1. The van der Waals surface area contributed by atoms with E-state index < -0.39 is 15.1 Å². The average Bonchev–Trinajstić information content (AvgIpc) is 2.50. The van der Waals surface area contributed by atoms with Crippen LogP contribution in [0.1, 0.15) is 23.8 Å². The number of hydrogen-bond acceptors (Lipinski definition) is 4. The van der Waals surface area contributed by atoms with E-state index in [9.17, 15) is 8.42 Å². The van der Waals surface area contributed by atoms with Crippen LogP contribution < -0.4 is 0 Å². The average molecular weight is 238 g/mol. The Morgan fingerprint density at radius 2 is 2.29 bits per heavy atom. The normalized spacial score (nSPS) is 14.2. The van der Waals surface area contributed by atoms with Crippen molar-refractivity contribution < 1.29 is 12.8 Å². The van der Waals surface area contributed by atoms with Gasteiger partial charge in [0.2, 0.25) is 0 Å². The third-order valence-electron chi connectivity index (χ3n) is 1.92. The summed E-state index contributed by atoms with van der Waals surface area (Å²) in [4.78, 5) is 3.92. The lowest BCUT2D eigenvalue weighted by Crippen LogP contribution is -2.06. The first-order valence-electron chi connectivity index (χ1n) is 4.14. The fraction of sp³-hybridized carbons (Fsp3) is 0.625. The zero-order valence-electron chi connectivity index (χ0n) is 8.03. The zero-order chi connectivity index (χ0) is 10.8. The van der Waals surface area contributed by atoms with E-state index >= 15 is 0 Å². The van der Waals surface area contributed by atoms with Crippen LogP contribution in [0.25, 0.3) is 0 Å². The first-order valence-corrected chi connectivity index (χ1v) is 6.63. The van der Waals surface area contributed by atoms with Crippen LogP contribution in [0.5, 0.6) is 0 Å². The molecule has 0 radical (unpaired) electrons. The van der Waals surface area contributed by atoms with Crippen LogP contribution in [-0.4, -0.2) is 25.5 Å². The highest BCUT2D eigenvalue weighted by atomic mass is 35.5. The van der Waals surface area contributed by atoms with Gasteiger partial charge in [0.25, 0.3) is 0 Å². The van der Waals surface area contributed by atoms with E-state index in [2.05, 4.69) is 4.98 Å². The van der Waals surface area contributed by atoms with Gasteiger partial charge in [-0.15, -0.1) is 11.6 Å². The molecule has 1 heterocycles. The van der Waals surface area contributed by atoms with Crippen LogP contribution in [0.4, 0.5) is 0 Å². The van der Waals surface area contributed by atoms with Gasteiger partial charge in [0, 0.05) is 18.6 Å². The van der Waals surface area contributed by atoms with Gasteiger partial charge in [0.05, 0.1) is 6.20 Å². The summed E-state index contributed by atoms with van der Waals surface area (Å²) in [5.74, 6) is 1.26. The maximum absolute atomic E-state index is 11.2. The Bertz CT molecular complexity index is 398. The molecule has 1 unspecified atom stereocenters. The van der Waals surface area contributed by atoms with Gasteiger partial charge in [-0.3, -0.25) is 0 Å². The van der Waals surface area contributed by atoms with Crippen LogP contribution in [0.3, 0.4) is 0 Å². The molecular formula is C8H12ClNO3S. The van der Waals surface area contributed by atoms with E-state index in [0.717, 1.165) is 0 Å². The summed E-state index contributed by atoms with van der Waals surface area (Å²) < 4.78 is 27.6. The first kappa shape index (κ1) is 11.5. The predicted molar refractivity (Wildman–Crippen MR) is 54.2 cm³/mol. The smallest absolute Gasteiger partial charge is 0.195 e. The van der Waals surface area contributed by atoms with Crippen molar-refractivity contribution in [3.8, 4) is 0 Å². The molecule has 0 amide bonds. The molecule has 0 bridgehead atoms. The van der Waals surface area contributed by atoms with Gasteiger partial charge in [-0.25, -0.2) is 13.4 Å². The Hall–Kier alpha value is -0.550. The Morgan fingerprint density at radius 1 is 1.64 bits per heavy atom. The molecule has 6 heteroatoms. The van der Waals surface area contributed by atoms with E-state index in [1.165, 1.54) is 12.5 Å². The summed E-state index contributed by atoms with van der Waals surface area (Å²) >= 11 is 5.50. The minimum atomic E-state index is -3.12. The molecule has 1 atom stereocenters. The highest BCUT2D eigenvalue weighted by Gasteiger charge is 2.21. The van der Waals surface area contributed by atoms with Crippen LogP contribution in [-0.2, 0) is 16.3 Å². The monoisotopic (exact) mass is 237 g/mol. The number of hydrogen-bond donors (Lipinski definition) is 0. The van der Waals surface area contributed by atoms with Crippen molar-refractivity contribution in [2.45, 2.75) is 18.6 Å². The van der Waals surface area contributed by atoms with Crippen molar-refractivity contribution >= 4 is 21.4 Å². The van der Waals surface area contributed by atoms with Crippen LogP contribution in [0.15, 0.2) is 10.6 Å². The largest absolute Gasteiger partial charge is 0.444 e. The second kappa shape index (κ2) is 4.31. The summed E-state index contributed by atoms with van der Waals surface area (Å²) in [6.45, 7) is 1.57. The second-order valence-electron chi connectivity index (χ2n) is 3.07. The molecule has 80 valence electrons. The van der Waals surface area contributed by atoms with Gasteiger partial charge in [-0.1, -0.05) is 0 Å². The number of nitrogens with zero attached hydrogens (tertiary/aromatic N) is 1. The molecule has 0 spiro atoms. The number of aryl methyl sites for hydroxylation is 1. The molecule has 0 aliphatic heterocycles. The van der Waals surface area contributed by atoms with E-state index in [0.29, 0.717) is 24.0 Å². The summed E-state index contributed by atoms with van der Waals surface area (Å²) in [6, 6.07) is 0.